The Hall–Kier alpha value is -1.91. The third-order valence-corrected chi connectivity index (χ3v) is 1.74. The van der Waals surface area contributed by atoms with E-state index in [1.165, 1.54) is 12.2 Å². The minimum Gasteiger partial charge on any atom is -0.462 e. The quantitative estimate of drug-likeness (QED) is 0.286. The summed E-state index contributed by atoms with van der Waals surface area (Å²) in [5.74, 6) is -1.43. The van der Waals surface area contributed by atoms with Gasteiger partial charge in [0.25, 0.3) is 0 Å². The molecule has 1 rings (SSSR count). The molecule has 0 radical (unpaired) electrons. The molecule has 0 saturated heterocycles. The van der Waals surface area contributed by atoms with E-state index < -0.39 is 11.9 Å². The number of aldehydes is 1. The average molecular weight is 210 g/mol. The lowest BCUT2D eigenvalue weighted by atomic mass is 10.1. The van der Waals surface area contributed by atoms with Gasteiger partial charge in [-0.25, -0.2) is 9.59 Å². The first-order valence-electron chi connectivity index (χ1n) is 4.40. The molecular weight excluding hydrogens is 200 g/mol. The molecule has 0 aromatic carbocycles. The molecule has 5 nitrogen and oxygen atoms in total. The molecule has 0 aromatic rings. The molecule has 15 heavy (non-hydrogen) atoms. The lowest BCUT2D eigenvalue weighted by Crippen LogP contribution is -2.14. The smallest absolute Gasteiger partial charge is 0.346 e. The highest BCUT2D eigenvalue weighted by atomic mass is 16.6. The van der Waals surface area contributed by atoms with Crippen LogP contribution < -0.4 is 0 Å². The summed E-state index contributed by atoms with van der Waals surface area (Å²) in [5, 5.41) is 0. The fourth-order valence-electron chi connectivity index (χ4n) is 1.12. The molecule has 0 N–H and O–H groups in total. The van der Waals surface area contributed by atoms with Crippen molar-refractivity contribution in [1.29, 1.82) is 0 Å². The van der Waals surface area contributed by atoms with Gasteiger partial charge in [0.15, 0.2) is 5.57 Å². The molecule has 1 aliphatic heterocycles. The van der Waals surface area contributed by atoms with Crippen LogP contribution in [0.3, 0.4) is 0 Å². The highest BCUT2D eigenvalue weighted by Crippen LogP contribution is 2.18. The van der Waals surface area contributed by atoms with Crippen molar-refractivity contribution in [3.63, 3.8) is 0 Å². The number of hydrogen-bond donors (Lipinski definition) is 0. The topological polar surface area (TPSA) is 69.7 Å². The van der Waals surface area contributed by atoms with Crippen molar-refractivity contribution in [3.8, 4) is 0 Å². The number of carbonyl (C=O) groups is 3. The number of hydrogen-bond acceptors (Lipinski definition) is 5. The standard InChI is InChI=1S/C10H10O5/c1-2-14-9(12)8-7(4-3-5-11)6-15-10(8)13/h3-5H,2,6H2,1H3/b4-3+. The van der Waals surface area contributed by atoms with Crippen LogP contribution in [0.15, 0.2) is 23.3 Å². The summed E-state index contributed by atoms with van der Waals surface area (Å²) >= 11 is 0. The van der Waals surface area contributed by atoms with Gasteiger partial charge in [-0.1, -0.05) is 6.08 Å². The summed E-state index contributed by atoms with van der Waals surface area (Å²) in [6, 6.07) is 0. The molecule has 1 aliphatic rings. The first-order valence-corrected chi connectivity index (χ1v) is 4.40. The molecule has 0 bridgehead atoms. The number of ether oxygens (including phenoxy) is 2. The lowest BCUT2D eigenvalue weighted by Gasteiger charge is -1.99. The number of allylic oxidation sites excluding steroid dienone is 1. The van der Waals surface area contributed by atoms with Crippen molar-refractivity contribution >= 4 is 18.2 Å². The number of esters is 2. The van der Waals surface area contributed by atoms with Crippen molar-refractivity contribution in [2.75, 3.05) is 13.2 Å². The second kappa shape index (κ2) is 5.09. The summed E-state index contributed by atoms with van der Waals surface area (Å²) in [5.41, 5.74) is 0.237. The van der Waals surface area contributed by atoms with Gasteiger partial charge in [0, 0.05) is 5.57 Å². The molecular formula is C10H10O5. The Morgan fingerprint density at radius 2 is 2.33 bits per heavy atom. The zero-order valence-electron chi connectivity index (χ0n) is 8.19. The fourth-order valence-corrected chi connectivity index (χ4v) is 1.12. The summed E-state index contributed by atoms with van der Waals surface area (Å²) in [6.45, 7) is 1.82. The molecule has 0 fully saturated rings. The molecule has 5 heteroatoms. The minimum absolute atomic E-state index is 0.00266. The summed E-state index contributed by atoms with van der Waals surface area (Å²) in [4.78, 5) is 32.6. The Morgan fingerprint density at radius 3 is 2.93 bits per heavy atom. The van der Waals surface area contributed by atoms with E-state index in [1.807, 2.05) is 0 Å². The zero-order chi connectivity index (χ0) is 11.3. The predicted octanol–water partition coefficient (Wildman–Crippen LogP) is 0.158. The first-order chi connectivity index (χ1) is 7.20. The van der Waals surface area contributed by atoms with E-state index in [-0.39, 0.29) is 18.8 Å². The monoisotopic (exact) mass is 210 g/mol. The Bertz CT molecular complexity index is 351. The van der Waals surface area contributed by atoms with Gasteiger partial charge in [0.05, 0.1) is 6.61 Å². The first kappa shape index (κ1) is 11.2. The molecule has 80 valence electrons. The summed E-state index contributed by atoms with van der Waals surface area (Å²) < 4.78 is 9.35. The SMILES string of the molecule is CCOC(=O)C1=C(/C=C/C=O)COC1=O. The molecule has 0 saturated carbocycles. The number of rotatable bonds is 4. The van der Waals surface area contributed by atoms with Gasteiger partial charge in [-0.2, -0.15) is 0 Å². The van der Waals surface area contributed by atoms with Crippen LogP contribution in [0.5, 0.6) is 0 Å². The second-order valence-electron chi connectivity index (χ2n) is 2.69. The van der Waals surface area contributed by atoms with Crippen LogP contribution in [-0.2, 0) is 23.9 Å². The maximum atomic E-state index is 11.3. The van der Waals surface area contributed by atoms with Gasteiger partial charge < -0.3 is 9.47 Å². The van der Waals surface area contributed by atoms with Crippen molar-refractivity contribution in [1.82, 2.24) is 0 Å². The van der Waals surface area contributed by atoms with Gasteiger partial charge in [-0.15, -0.1) is 0 Å². The third-order valence-electron chi connectivity index (χ3n) is 1.74. The fraction of sp³-hybridized carbons (Fsp3) is 0.300. The Balaban J connectivity index is 2.95. The molecule has 0 aliphatic carbocycles. The van der Waals surface area contributed by atoms with Gasteiger partial charge in [0.1, 0.15) is 12.9 Å². The van der Waals surface area contributed by atoms with Gasteiger partial charge >= 0.3 is 11.9 Å². The number of cyclic esters (lactones) is 1. The molecule has 0 atom stereocenters. The molecule has 0 amide bonds. The predicted molar refractivity (Wildman–Crippen MR) is 49.8 cm³/mol. The van der Waals surface area contributed by atoms with Gasteiger partial charge in [-0.05, 0) is 13.0 Å². The largest absolute Gasteiger partial charge is 0.462 e. The maximum absolute atomic E-state index is 11.3. The van der Waals surface area contributed by atoms with E-state index in [1.54, 1.807) is 6.92 Å². The normalized spacial score (nSPS) is 15.7. The van der Waals surface area contributed by atoms with Crippen LogP contribution in [-0.4, -0.2) is 31.4 Å². The Labute approximate surface area is 86.4 Å². The van der Waals surface area contributed by atoms with Gasteiger partial charge in [-0.3, -0.25) is 4.79 Å². The Morgan fingerprint density at radius 1 is 1.60 bits per heavy atom. The molecule has 0 aromatic heterocycles. The second-order valence-corrected chi connectivity index (χ2v) is 2.69. The van der Waals surface area contributed by atoms with E-state index in [0.717, 1.165) is 0 Å². The van der Waals surface area contributed by atoms with Crippen LogP contribution in [0.25, 0.3) is 0 Å². The third kappa shape index (κ3) is 2.52. The molecule has 0 unspecified atom stereocenters. The average Bonchev–Trinajstić information content (AvgIpc) is 2.57. The van der Waals surface area contributed by atoms with E-state index in [0.29, 0.717) is 11.9 Å². The summed E-state index contributed by atoms with van der Waals surface area (Å²) in [6.07, 6.45) is 3.11. The van der Waals surface area contributed by atoms with Crippen molar-refractivity contribution in [3.05, 3.63) is 23.3 Å². The van der Waals surface area contributed by atoms with E-state index >= 15 is 0 Å². The van der Waals surface area contributed by atoms with Gasteiger partial charge in [0.2, 0.25) is 0 Å². The van der Waals surface area contributed by atoms with Crippen molar-refractivity contribution in [2.45, 2.75) is 6.92 Å². The van der Waals surface area contributed by atoms with Crippen LogP contribution in [0.1, 0.15) is 6.92 Å². The van der Waals surface area contributed by atoms with Crippen molar-refractivity contribution < 1.29 is 23.9 Å². The lowest BCUT2D eigenvalue weighted by molar-refractivity contribution is -0.144. The van der Waals surface area contributed by atoms with E-state index in [4.69, 9.17) is 0 Å². The highest BCUT2D eigenvalue weighted by Gasteiger charge is 2.30. The van der Waals surface area contributed by atoms with Crippen LogP contribution >= 0.6 is 0 Å². The zero-order valence-corrected chi connectivity index (χ0v) is 8.19. The molecule has 0 spiro atoms. The van der Waals surface area contributed by atoms with Crippen LogP contribution in [0, 0.1) is 0 Å². The minimum atomic E-state index is -0.717. The van der Waals surface area contributed by atoms with E-state index in [9.17, 15) is 14.4 Å². The van der Waals surface area contributed by atoms with Crippen molar-refractivity contribution in [2.24, 2.45) is 0 Å². The number of carbonyl (C=O) groups excluding carboxylic acids is 3. The van der Waals surface area contributed by atoms with E-state index in [2.05, 4.69) is 9.47 Å². The van der Waals surface area contributed by atoms with Crippen LogP contribution in [0.2, 0.25) is 0 Å². The highest BCUT2D eigenvalue weighted by molar-refractivity contribution is 6.16. The summed E-state index contributed by atoms with van der Waals surface area (Å²) in [7, 11) is 0. The van der Waals surface area contributed by atoms with Crippen LogP contribution in [0.4, 0.5) is 0 Å². The molecule has 1 heterocycles. The Kier molecular flexibility index (Phi) is 3.79. The maximum Gasteiger partial charge on any atom is 0.346 e.